The minimum atomic E-state index is -0.160. The van der Waals surface area contributed by atoms with Crippen molar-refractivity contribution in [2.24, 2.45) is 0 Å². The van der Waals surface area contributed by atoms with Crippen LogP contribution < -0.4 is 9.80 Å². The minimum Gasteiger partial charge on any atom is -0.310 e. The lowest BCUT2D eigenvalue weighted by molar-refractivity contribution is 0.660. The first kappa shape index (κ1) is 52.9. The molecule has 0 amide bonds. The van der Waals surface area contributed by atoms with Gasteiger partial charge in [-0.05, 0) is 218 Å². The summed E-state index contributed by atoms with van der Waals surface area (Å²) in [6.07, 6.45) is 0. The van der Waals surface area contributed by atoms with E-state index in [9.17, 15) is 0 Å². The first-order chi connectivity index (χ1) is 44.1. The highest BCUT2D eigenvalue weighted by Gasteiger charge is 2.37. The molecule has 0 saturated carbocycles. The first-order valence-corrected chi connectivity index (χ1v) is 31.1. The third kappa shape index (κ3) is 8.54. The van der Waals surface area contributed by atoms with Gasteiger partial charge in [-0.2, -0.15) is 0 Å². The van der Waals surface area contributed by atoms with Gasteiger partial charge in [-0.25, -0.2) is 9.97 Å². The number of hydrogen-bond donors (Lipinski definition) is 0. The van der Waals surface area contributed by atoms with E-state index in [0.29, 0.717) is 0 Å². The zero-order valence-corrected chi connectivity index (χ0v) is 50.6. The second kappa shape index (κ2) is 20.7. The molecular formula is C84H62N6. The van der Waals surface area contributed by atoms with Gasteiger partial charge in [0.15, 0.2) is 0 Å². The lowest BCUT2D eigenvalue weighted by Gasteiger charge is -2.28. The van der Waals surface area contributed by atoms with E-state index in [2.05, 4.69) is 350 Å². The highest BCUT2D eigenvalue weighted by molar-refractivity contribution is 5.95. The fourth-order valence-electron chi connectivity index (χ4n) is 14.5. The quantitative estimate of drug-likeness (QED) is 0.129. The summed E-state index contributed by atoms with van der Waals surface area (Å²) in [5.41, 5.74) is 27.4. The number of para-hydroxylation sites is 6. The summed E-state index contributed by atoms with van der Waals surface area (Å²) in [7, 11) is 0. The summed E-state index contributed by atoms with van der Waals surface area (Å²) in [4.78, 5) is 15.2. The summed E-state index contributed by atoms with van der Waals surface area (Å²) in [5, 5.41) is 2.33. The van der Waals surface area contributed by atoms with E-state index < -0.39 is 0 Å². The second-order valence-electron chi connectivity index (χ2n) is 25.0. The molecule has 6 nitrogen and oxygen atoms in total. The Morgan fingerprint density at radius 1 is 0.267 bits per heavy atom. The first-order valence-electron chi connectivity index (χ1n) is 31.1. The number of fused-ring (bicyclic) bond motifs is 9. The number of hydrogen-bond acceptors (Lipinski definition) is 4. The molecule has 6 heteroatoms. The standard InChI is InChI=1S/C84H62N6/c1-83(2)73-25-13-11-23-69(73)71-49-47-67(53-75(71)83)87(64-42-35-56(36-43-64)81-85-77-27-15-17-29-79(77)89(81)61-19-7-5-8-20-61)63-40-33-55(34-41-63)58-31-32-60-52-66(46-39-59(60)51-58)88(68-48-50-72-70-24-12-14-26-74(70)84(3,4)76(72)54-68)65-44-37-57(38-45-65)82-86-78-28-16-18-30-80(78)90(82)62-21-9-6-10-22-62/h5-54H,1-4H3. The fourth-order valence-corrected chi connectivity index (χ4v) is 14.5. The number of benzene rings is 13. The van der Waals surface area contributed by atoms with Gasteiger partial charge in [0.25, 0.3) is 0 Å². The maximum Gasteiger partial charge on any atom is 0.145 e. The third-order valence-corrected chi connectivity index (χ3v) is 19.1. The van der Waals surface area contributed by atoms with Crippen LogP contribution in [0.2, 0.25) is 0 Å². The molecule has 2 heterocycles. The van der Waals surface area contributed by atoms with E-state index in [-0.39, 0.29) is 10.8 Å². The van der Waals surface area contributed by atoms with Crippen LogP contribution in [-0.4, -0.2) is 19.1 Å². The molecule has 2 aliphatic rings. The molecule has 0 radical (unpaired) electrons. The topological polar surface area (TPSA) is 42.1 Å². The van der Waals surface area contributed by atoms with Gasteiger partial charge < -0.3 is 9.80 Å². The summed E-state index contributed by atoms with van der Waals surface area (Å²) < 4.78 is 4.53. The Morgan fingerprint density at radius 2 is 0.611 bits per heavy atom. The molecule has 0 fully saturated rings. The van der Waals surface area contributed by atoms with E-state index in [1.807, 2.05) is 0 Å². The largest absolute Gasteiger partial charge is 0.310 e. The molecule has 0 unspecified atom stereocenters. The molecular weight excluding hydrogens is 1090 g/mol. The second-order valence-corrected chi connectivity index (χ2v) is 25.0. The van der Waals surface area contributed by atoms with Crippen LogP contribution in [0.5, 0.6) is 0 Å². The number of imidazole rings is 2. The molecule has 0 spiro atoms. The Morgan fingerprint density at radius 3 is 1.10 bits per heavy atom. The van der Waals surface area contributed by atoms with Crippen LogP contribution in [0.15, 0.2) is 303 Å². The van der Waals surface area contributed by atoms with Gasteiger partial charge in [-0.3, -0.25) is 9.13 Å². The van der Waals surface area contributed by atoms with Crippen LogP contribution in [-0.2, 0) is 10.8 Å². The predicted molar refractivity (Wildman–Crippen MR) is 374 cm³/mol. The Bertz CT molecular complexity index is 5290. The summed E-state index contributed by atoms with van der Waals surface area (Å²) >= 11 is 0. The van der Waals surface area contributed by atoms with Gasteiger partial charge in [-0.15, -0.1) is 0 Å². The Balaban J connectivity index is 0.729. The average molecular weight is 1160 g/mol. The normalized spacial score (nSPS) is 13.3. The van der Waals surface area contributed by atoms with Crippen molar-refractivity contribution in [2.75, 3.05) is 9.80 Å². The van der Waals surface area contributed by atoms with Crippen LogP contribution >= 0.6 is 0 Å². The van der Waals surface area contributed by atoms with Gasteiger partial charge in [0.1, 0.15) is 11.6 Å². The fraction of sp³-hybridized carbons (Fsp3) is 0.0714. The molecule has 0 bridgehead atoms. The Hall–Kier alpha value is -11.3. The van der Waals surface area contributed by atoms with E-state index in [4.69, 9.17) is 9.97 Å². The Kier molecular flexibility index (Phi) is 12.1. The monoisotopic (exact) mass is 1150 g/mol. The van der Waals surface area contributed by atoms with E-state index in [1.54, 1.807) is 0 Å². The smallest absolute Gasteiger partial charge is 0.145 e. The van der Waals surface area contributed by atoms with Gasteiger partial charge in [0.2, 0.25) is 0 Å². The van der Waals surface area contributed by atoms with Gasteiger partial charge in [-0.1, -0.05) is 179 Å². The third-order valence-electron chi connectivity index (χ3n) is 19.1. The van der Waals surface area contributed by atoms with Crippen molar-refractivity contribution in [3.63, 3.8) is 0 Å². The summed E-state index contributed by atoms with van der Waals surface area (Å²) in [6.45, 7) is 9.42. The van der Waals surface area contributed by atoms with E-state index >= 15 is 0 Å². The number of rotatable bonds is 11. The minimum absolute atomic E-state index is 0.157. The van der Waals surface area contributed by atoms with Crippen molar-refractivity contribution < 1.29 is 0 Å². The van der Waals surface area contributed by atoms with Crippen LogP contribution in [0.4, 0.5) is 34.1 Å². The van der Waals surface area contributed by atoms with Gasteiger partial charge >= 0.3 is 0 Å². The maximum atomic E-state index is 5.22. The van der Waals surface area contributed by atoms with Crippen molar-refractivity contribution in [1.82, 2.24) is 19.1 Å². The average Bonchev–Trinajstić information content (AvgIpc) is 1.64. The zero-order valence-electron chi connectivity index (χ0n) is 50.6. The molecule has 0 saturated heterocycles. The molecule has 2 aliphatic carbocycles. The predicted octanol–water partition coefficient (Wildman–Crippen LogP) is 22.1. The molecule has 0 atom stereocenters. The number of anilines is 6. The van der Waals surface area contributed by atoms with Gasteiger partial charge in [0.05, 0.1) is 22.1 Å². The lowest BCUT2D eigenvalue weighted by atomic mass is 9.82. The Labute approximate surface area is 524 Å². The zero-order chi connectivity index (χ0) is 60.2. The SMILES string of the molecule is CC1(C)c2ccccc2-c2ccc(N(c3ccc(-c4ccc5cc(N(c6ccc(-c7nc8ccccc8n7-c7ccccc7)cc6)c6ccc7c(c6)C(C)(C)c6ccccc6-7)ccc5c4)cc3)c3ccc(-c4nc5ccccc5n4-c4ccccc4)cc3)cc21. The van der Waals surface area contributed by atoms with Crippen molar-refractivity contribution in [3.8, 4) is 67.5 Å². The van der Waals surface area contributed by atoms with Crippen molar-refractivity contribution in [2.45, 2.75) is 38.5 Å². The van der Waals surface area contributed by atoms with Crippen molar-refractivity contribution >= 4 is 67.0 Å². The lowest BCUT2D eigenvalue weighted by Crippen LogP contribution is -2.16. The molecule has 0 N–H and O–H groups in total. The summed E-state index contributed by atoms with van der Waals surface area (Å²) in [5.74, 6) is 1.81. The van der Waals surface area contributed by atoms with Crippen LogP contribution in [0.1, 0.15) is 49.9 Å². The van der Waals surface area contributed by atoms with Crippen LogP contribution in [0.3, 0.4) is 0 Å². The molecule has 15 aromatic rings. The summed E-state index contributed by atoms with van der Waals surface area (Å²) in [6, 6.07) is 110. The molecule has 2 aromatic heterocycles. The highest BCUT2D eigenvalue weighted by Crippen LogP contribution is 2.53. The molecule has 90 heavy (non-hydrogen) atoms. The molecule has 428 valence electrons. The van der Waals surface area contributed by atoms with Crippen molar-refractivity contribution in [1.29, 1.82) is 0 Å². The van der Waals surface area contributed by atoms with E-state index in [1.165, 1.54) is 49.9 Å². The molecule has 17 rings (SSSR count). The highest BCUT2D eigenvalue weighted by atomic mass is 15.2. The molecule has 0 aliphatic heterocycles. The van der Waals surface area contributed by atoms with Crippen LogP contribution in [0.25, 0.3) is 100 Å². The maximum absolute atomic E-state index is 5.22. The molecule has 13 aromatic carbocycles. The van der Waals surface area contributed by atoms with Crippen LogP contribution in [0, 0.1) is 0 Å². The number of nitrogens with zero attached hydrogens (tertiary/aromatic N) is 6. The number of aromatic nitrogens is 4. The van der Waals surface area contributed by atoms with Crippen molar-refractivity contribution in [3.05, 3.63) is 326 Å². The van der Waals surface area contributed by atoms with E-state index in [0.717, 1.165) is 107 Å². The van der Waals surface area contributed by atoms with Gasteiger partial charge in [0, 0.05) is 67.5 Å².